The molecule has 0 aliphatic rings. The molecule has 9 nitrogen and oxygen atoms in total. The van der Waals surface area contributed by atoms with Crippen molar-refractivity contribution in [3.8, 4) is 11.8 Å². The number of hydrogen-bond donors (Lipinski definition) is 1. The van der Waals surface area contributed by atoms with Gasteiger partial charge in [-0.3, -0.25) is 5.01 Å². The lowest BCUT2D eigenvalue weighted by Crippen LogP contribution is -2.28. The minimum absolute atomic E-state index is 0.0820. The molecule has 0 radical (unpaired) electrons. The van der Waals surface area contributed by atoms with E-state index in [0.717, 1.165) is 11.3 Å². The maximum absolute atomic E-state index is 11.2. The predicted molar refractivity (Wildman–Crippen MR) is 101 cm³/mol. The maximum Gasteiger partial charge on any atom is 0.380 e. The average molecular weight is 449 g/mol. The van der Waals surface area contributed by atoms with Crippen molar-refractivity contribution in [3.63, 3.8) is 0 Å². The highest BCUT2D eigenvalue weighted by molar-refractivity contribution is 9.10. The highest BCUT2D eigenvalue weighted by atomic mass is 79.9. The Morgan fingerprint density at radius 1 is 1.19 bits per heavy atom. The van der Waals surface area contributed by atoms with Gasteiger partial charge >= 0.3 is 10.3 Å². The smallest absolute Gasteiger partial charge is 0.370 e. The topological polar surface area (TPSA) is 127 Å². The van der Waals surface area contributed by atoms with Crippen LogP contribution in [-0.4, -0.2) is 23.3 Å². The molecule has 0 amide bonds. The summed E-state index contributed by atoms with van der Waals surface area (Å²) in [5.74, 6) is 0.0820. The van der Waals surface area contributed by atoms with Crippen LogP contribution in [0.25, 0.3) is 0 Å². The summed E-state index contributed by atoms with van der Waals surface area (Å²) in [5.41, 5.74) is 2.07. The first kappa shape index (κ1) is 18.8. The molecule has 138 valence electrons. The molecule has 0 aliphatic heterocycles. The first-order valence-corrected chi connectivity index (χ1v) is 9.75. The lowest BCUT2D eigenvalue weighted by molar-refractivity contribution is 0.486. The van der Waals surface area contributed by atoms with Gasteiger partial charge in [0.1, 0.15) is 12.7 Å². The molecule has 0 aliphatic carbocycles. The standard InChI is InChI=1S/C16H13BrN6O3S/c17-15-6-3-13(7-16(15)26-27(19,24)25)9-23(22-10-20-21-11-22)14-4-1-12(8-18)2-5-14/h1-7,10-11H,9H2,(H2,19,24,25). The molecule has 0 atom stereocenters. The summed E-state index contributed by atoms with van der Waals surface area (Å²) in [6.45, 7) is 0.345. The largest absolute Gasteiger partial charge is 0.380 e. The van der Waals surface area contributed by atoms with Gasteiger partial charge in [0.15, 0.2) is 5.75 Å². The summed E-state index contributed by atoms with van der Waals surface area (Å²) >= 11 is 3.23. The van der Waals surface area contributed by atoms with Gasteiger partial charge in [0.05, 0.1) is 28.3 Å². The Labute approximate surface area is 164 Å². The van der Waals surface area contributed by atoms with E-state index in [2.05, 4.69) is 32.2 Å². The van der Waals surface area contributed by atoms with E-state index in [1.807, 2.05) is 5.01 Å². The zero-order chi connectivity index (χ0) is 19.4. The second-order valence-electron chi connectivity index (χ2n) is 5.40. The second-order valence-corrected chi connectivity index (χ2v) is 7.41. The van der Waals surface area contributed by atoms with Crippen LogP contribution in [0.4, 0.5) is 5.69 Å². The Morgan fingerprint density at radius 2 is 1.85 bits per heavy atom. The fourth-order valence-corrected chi connectivity index (χ4v) is 3.17. The van der Waals surface area contributed by atoms with E-state index in [1.54, 1.807) is 47.1 Å². The Bertz CT molecular complexity index is 1080. The van der Waals surface area contributed by atoms with Gasteiger partial charge in [-0.1, -0.05) is 6.07 Å². The Hall–Kier alpha value is -2.94. The third-order valence-corrected chi connectivity index (χ3v) is 4.58. The molecule has 27 heavy (non-hydrogen) atoms. The minimum Gasteiger partial charge on any atom is -0.370 e. The number of hydrogen-bond acceptors (Lipinski definition) is 7. The summed E-state index contributed by atoms with van der Waals surface area (Å²) in [6, 6.07) is 14.1. The molecule has 0 saturated heterocycles. The summed E-state index contributed by atoms with van der Waals surface area (Å²) in [7, 11) is -4.15. The van der Waals surface area contributed by atoms with Crippen LogP contribution < -0.4 is 14.3 Å². The number of nitrogens with zero attached hydrogens (tertiary/aromatic N) is 5. The molecule has 3 aromatic rings. The van der Waals surface area contributed by atoms with Crippen LogP contribution >= 0.6 is 15.9 Å². The van der Waals surface area contributed by atoms with Crippen molar-refractivity contribution in [1.82, 2.24) is 14.9 Å². The Morgan fingerprint density at radius 3 is 2.44 bits per heavy atom. The molecule has 2 aromatic carbocycles. The van der Waals surface area contributed by atoms with Gasteiger partial charge < -0.3 is 4.18 Å². The fourth-order valence-electron chi connectivity index (χ4n) is 2.34. The highest BCUT2D eigenvalue weighted by Gasteiger charge is 2.14. The van der Waals surface area contributed by atoms with Crippen LogP contribution in [0.15, 0.2) is 59.6 Å². The van der Waals surface area contributed by atoms with Crippen LogP contribution in [0.2, 0.25) is 0 Å². The van der Waals surface area contributed by atoms with Crippen molar-refractivity contribution in [1.29, 1.82) is 5.26 Å². The molecule has 1 aromatic heterocycles. The lowest BCUT2D eigenvalue weighted by atomic mass is 10.2. The SMILES string of the molecule is N#Cc1ccc(N(Cc2ccc(Br)c(OS(N)(=O)=O)c2)n2cnnc2)cc1. The molecule has 0 fully saturated rings. The predicted octanol–water partition coefficient (Wildman–Crippen LogP) is 1.96. The van der Waals surface area contributed by atoms with Crippen molar-refractivity contribution in [3.05, 3.63) is 70.7 Å². The van der Waals surface area contributed by atoms with Crippen molar-refractivity contribution in [2.45, 2.75) is 6.54 Å². The number of aromatic nitrogens is 3. The Balaban J connectivity index is 1.95. The second kappa shape index (κ2) is 7.75. The van der Waals surface area contributed by atoms with Gasteiger partial charge in [0, 0.05) is 0 Å². The molecule has 0 spiro atoms. The first-order valence-electron chi connectivity index (χ1n) is 7.49. The van der Waals surface area contributed by atoms with Crippen molar-refractivity contribution in [2.75, 3.05) is 5.01 Å². The molecule has 0 saturated carbocycles. The van der Waals surface area contributed by atoms with E-state index in [9.17, 15) is 8.42 Å². The number of nitriles is 1. The molecule has 1 heterocycles. The summed E-state index contributed by atoms with van der Waals surface area (Å²) in [6.07, 6.45) is 3.05. The summed E-state index contributed by atoms with van der Waals surface area (Å²) in [4.78, 5) is 0. The lowest BCUT2D eigenvalue weighted by Gasteiger charge is -2.25. The minimum atomic E-state index is -4.15. The molecule has 2 N–H and O–H groups in total. The molecular formula is C16H13BrN6O3S. The third-order valence-electron chi connectivity index (χ3n) is 3.51. The van der Waals surface area contributed by atoms with Crippen molar-refractivity contribution in [2.24, 2.45) is 5.14 Å². The van der Waals surface area contributed by atoms with Gasteiger partial charge in [-0.25, -0.2) is 4.68 Å². The summed E-state index contributed by atoms with van der Waals surface area (Å²) in [5, 5.41) is 23.4. The molecule has 11 heteroatoms. The highest BCUT2D eigenvalue weighted by Crippen LogP contribution is 2.28. The zero-order valence-corrected chi connectivity index (χ0v) is 16.1. The van der Waals surface area contributed by atoms with E-state index < -0.39 is 10.3 Å². The first-order chi connectivity index (χ1) is 12.9. The van der Waals surface area contributed by atoms with Crippen LogP contribution in [0, 0.1) is 11.3 Å². The van der Waals surface area contributed by atoms with Crippen LogP contribution in [0.1, 0.15) is 11.1 Å². The Kier molecular flexibility index (Phi) is 5.41. The van der Waals surface area contributed by atoms with E-state index in [1.165, 1.54) is 12.7 Å². The number of halogens is 1. The quantitative estimate of drug-likeness (QED) is 0.610. The van der Waals surface area contributed by atoms with Gasteiger partial charge in [-0.05, 0) is 57.9 Å². The maximum atomic E-state index is 11.2. The van der Waals surface area contributed by atoms with Gasteiger partial charge in [0.2, 0.25) is 0 Å². The third kappa shape index (κ3) is 4.82. The van der Waals surface area contributed by atoms with E-state index in [4.69, 9.17) is 14.6 Å². The normalized spacial score (nSPS) is 11.0. The van der Waals surface area contributed by atoms with Crippen LogP contribution in [-0.2, 0) is 16.8 Å². The van der Waals surface area contributed by atoms with Gasteiger partial charge in [-0.2, -0.15) is 18.8 Å². The fraction of sp³-hybridized carbons (Fsp3) is 0.0625. The molecule has 0 unspecified atom stereocenters. The average Bonchev–Trinajstić information content (AvgIpc) is 3.15. The molecular weight excluding hydrogens is 436 g/mol. The number of nitrogens with two attached hydrogens (primary N) is 1. The number of rotatable bonds is 6. The van der Waals surface area contributed by atoms with E-state index >= 15 is 0 Å². The van der Waals surface area contributed by atoms with Gasteiger partial charge in [0.25, 0.3) is 0 Å². The van der Waals surface area contributed by atoms with Crippen LogP contribution in [0.3, 0.4) is 0 Å². The number of benzene rings is 2. The molecule has 3 rings (SSSR count). The zero-order valence-electron chi connectivity index (χ0n) is 13.7. The molecule has 0 bridgehead atoms. The van der Waals surface area contributed by atoms with Gasteiger partial charge in [-0.15, -0.1) is 10.2 Å². The van der Waals surface area contributed by atoms with Crippen molar-refractivity contribution >= 4 is 31.9 Å². The van der Waals surface area contributed by atoms with E-state index in [-0.39, 0.29) is 5.75 Å². The monoisotopic (exact) mass is 448 g/mol. The van der Waals surface area contributed by atoms with E-state index in [0.29, 0.717) is 16.6 Å². The summed E-state index contributed by atoms with van der Waals surface area (Å²) < 4.78 is 29.4. The number of anilines is 1. The van der Waals surface area contributed by atoms with Crippen molar-refractivity contribution < 1.29 is 12.6 Å². The van der Waals surface area contributed by atoms with Crippen LogP contribution in [0.5, 0.6) is 5.75 Å².